The highest BCUT2D eigenvalue weighted by Crippen LogP contribution is 2.06. The van der Waals surface area contributed by atoms with Gasteiger partial charge in [-0.05, 0) is 20.8 Å². The van der Waals surface area contributed by atoms with Gasteiger partial charge < -0.3 is 4.74 Å². The van der Waals surface area contributed by atoms with E-state index < -0.39 is 8.80 Å². The third kappa shape index (κ3) is 9.74. The van der Waals surface area contributed by atoms with Crippen molar-refractivity contribution in [1.82, 2.24) is 0 Å². The molecule has 70 valence electrons. The van der Waals surface area contributed by atoms with Gasteiger partial charge in [-0.2, -0.15) is 0 Å². The van der Waals surface area contributed by atoms with Crippen LogP contribution in [-0.2, 0) is 4.74 Å². The van der Waals surface area contributed by atoms with Crippen LogP contribution in [0.1, 0.15) is 27.2 Å². The van der Waals surface area contributed by atoms with Crippen LogP contribution in [-0.4, -0.2) is 21.0 Å². The minimum Gasteiger partial charge on any atom is -0.375 e. The normalized spacial score (nSPS) is 11.2. The smallest absolute Gasteiger partial charge is 0.116 e. The summed E-state index contributed by atoms with van der Waals surface area (Å²) in [5, 5.41) is 0. The second-order valence-electron chi connectivity index (χ2n) is 4.19. The highest BCUT2D eigenvalue weighted by molar-refractivity contribution is 6.64. The van der Waals surface area contributed by atoms with Crippen LogP contribution in [0.4, 0.5) is 0 Å². The van der Waals surface area contributed by atoms with E-state index in [-0.39, 0.29) is 5.60 Å². The van der Waals surface area contributed by atoms with Gasteiger partial charge in [0.25, 0.3) is 0 Å². The summed E-state index contributed by atoms with van der Waals surface area (Å²) in [6.45, 7) is 11.4. The van der Waals surface area contributed by atoms with Gasteiger partial charge in [0, 0.05) is 6.42 Å². The topological polar surface area (TPSA) is 9.23 Å². The van der Waals surface area contributed by atoms with E-state index in [0.29, 0.717) is 0 Å². The molecule has 0 bridgehead atoms. The Hall–Kier alpha value is -0.263. The fraction of sp³-hybridized carbons (Fsp3) is 0.800. The molecule has 0 aliphatic carbocycles. The van der Waals surface area contributed by atoms with Gasteiger partial charge in [0.05, 0.1) is 12.2 Å². The first-order valence-electron chi connectivity index (χ1n) is 4.54. The zero-order chi connectivity index (χ0) is 9.61. The van der Waals surface area contributed by atoms with Crippen molar-refractivity contribution in [3.63, 3.8) is 0 Å². The standard InChI is InChI=1S/C10H20OSi/c1-10(2,3)11-8-6-7-9-12(4)5/h12H,6,8H2,1-5H3. The molecule has 0 radical (unpaired) electrons. The highest BCUT2D eigenvalue weighted by Gasteiger charge is 2.07. The summed E-state index contributed by atoms with van der Waals surface area (Å²) in [6.07, 6.45) is 0.877. The molecule has 0 rings (SSSR count). The van der Waals surface area contributed by atoms with Crippen molar-refractivity contribution in [2.75, 3.05) is 6.61 Å². The molecule has 0 unspecified atom stereocenters. The van der Waals surface area contributed by atoms with E-state index in [1.54, 1.807) is 0 Å². The maximum absolute atomic E-state index is 5.52. The van der Waals surface area contributed by atoms with Crippen molar-refractivity contribution < 1.29 is 4.74 Å². The first kappa shape index (κ1) is 11.7. The molecular weight excluding hydrogens is 164 g/mol. The fourth-order valence-electron chi connectivity index (χ4n) is 0.685. The minimum atomic E-state index is -0.672. The third-order valence-electron chi connectivity index (χ3n) is 1.15. The molecule has 0 saturated carbocycles. The molecule has 0 aliphatic heterocycles. The lowest BCUT2D eigenvalue weighted by Crippen LogP contribution is -2.19. The number of ether oxygens (including phenoxy) is 1. The van der Waals surface area contributed by atoms with Gasteiger partial charge in [0.2, 0.25) is 0 Å². The van der Waals surface area contributed by atoms with E-state index in [4.69, 9.17) is 4.74 Å². The predicted octanol–water partition coefficient (Wildman–Crippen LogP) is 2.22. The molecule has 0 aromatic heterocycles. The van der Waals surface area contributed by atoms with Crippen LogP contribution in [0, 0.1) is 11.5 Å². The number of rotatable bonds is 2. The minimum absolute atomic E-state index is 0.0169. The Balaban J connectivity index is 3.42. The average molecular weight is 184 g/mol. The summed E-state index contributed by atoms with van der Waals surface area (Å²) in [5.41, 5.74) is 3.22. The Labute approximate surface area is 78.1 Å². The van der Waals surface area contributed by atoms with Gasteiger partial charge >= 0.3 is 0 Å². The summed E-state index contributed by atoms with van der Waals surface area (Å²) in [7, 11) is -0.672. The Bertz CT molecular complexity index is 169. The molecule has 0 fully saturated rings. The van der Waals surface area contributed by atoms with E-state index in [1.807, 2.05) is 0 Å². The predicted molar refractivity (Wildman–Crippen MR) is 57.0 cm³/mol. The van der Waals surface area contributed by atoms with Crippen LogP contribution >= 0.6 is 0 Å². The zero-order valence-electron chi connectivity index (χ0n) is 8.90. The molecular formula is C10H20OSi. The molecule has 0 spiro atoms. The van der Waals surface area contributed by atoms with E-state index >= 15 is 0 Å². The van der Waals surface area contributed by atoms with E-state index in [1.165, 1.54) is 0 Å². The Morgan fingerprint density at radius 3 is 2.25 bits per heavy atom. The number of hydrogen-bond acceptors (Lipinski definition) is 1. The lowest BCUT2D eigenvalue weighted by Gasteiger charge is -2.18. The monoisotopic (exact) mass is 184 g/mol. The van der Waals surface area contributed by atoms with Crippen molar-refractivity contribution in [3.8, 4) is 11.5 Å². The van der Waals surface area contributed by atoms with Crippen LogP contribution in [0.2, 0.25) is 13.1 Å². The SMILES string of the molecule is C[SiH](C)C#CCCOC(C)(C)C. The lowest BCUT2D eigenvalue weighted by molar-refractivity contribution is 0.000606. The Morgan fingerprint density at radius 2 is 1.83 bits per heavy atom. The second kappa shape index (κ2) is 5.39. The van der Waals surface area contributed by atoms with Crippen LogP contribution < -0.4 is 0 Å². The van der Waals surface area contributed by atoms with Crippen molar-refractivity contribution in [2.24, 2.45) is 0 Å². The first-order valence-corrected chi connectivity index (χ1v) is 7.43. The molecule has 0 aromatic rings. The summed E-state index contributed by atoms with van der Waals surface area (Å²) >= 11 is 0. The molecule has 0 amide bonds. The number of hydrogen-bond donors (Lipinski definition) is 0. The molecule has 0 heterocycles. The molecule has 0 aromatic carbocycles. The van der Waals surface area contributed by atoms with E-state index in [9.17, 15) is 0 Å². The summed E-state index contributed by atoms with van der Waals surface area (Å²) < 4.78 is 5.52. The van der Waals surface area contributed by atoms with Gasteiger partial charge in [-0.15, -0.1) is 11.5 Å². The van der Waals surface area contributed by atoms with Crippen molar-refractivity contribution >= 4 is 8.80 Å². The Kier molecular flexibility index (Phi) is 5.28. The van der Waals surface area contributed by atoms with Crippen LogP contribution in [0.5, 0.6) is 0 Å². The van der Waals surface area contributed by atoms with Crippen LogP contribution in [0.25, 0.3) is 0 Å². The molecule has 0 N–H and O–H groups in total. The maximum Gasteiger partial charge on any atom is 0.116 e. The lowest BCUT2D eigenvalue weighted by atomic mass is 10.2. The summed E-state index contributed by atoms with van der Waals surface area (Å²) in [6, 6.07) is 0. The third-order valence-corrected chi connectivity index (χ3v) is 1.93. The largest absolute Gasteiger partial charge is 0.375 e. The molecule has 12 heavy (non-hydrogen) atoms. The molecule has 0 atom stereocenters. The maximum atomic E-state index is 5.52. The zero-order valence-corrected chi connectivity index (χ0v) is 10.1. The average Bonchev–Trinajstić information content (AvgIpc) is 1.83. The molecule has 0 aliphatic rings. The van der Waals surface area contributed by atoms with Gasteiger partial charge in [-0.25, -0.2) is 0 Å². The van der Waals surface area contributed by atoms with Crippen molar-refractivity contribution in [2.45, 2.75) is 45.9 Å². The summed E-state index contributed by atoms with van der Waals surface area (Å²) in [5.74, 6) is 3.14. The van der Waals surface area contributed by atoms with Crippen molar-refractivity contribution in [1.29, 1.82) is 0 Å². The van der Waals surface area contributed by atoms with Crippen molar-refractivity contribution in [3.05, 3.63) is 0 Å². The van der Waals surface area contributed by atoms with Crippen LogP contribution in [0.3, 0.4) is 0 Å². The van der Waals surface area contributed by atoms with Crippen LogP contribution in [0.15, 0.2) is 0 Å². The first-order chi connectivity index (χ1) is 5.42. The molecule has 0 saturated heterocycles. The van der Waals surface area contributed by atoms with Gasteiger partial charge in [-0.1, -0.05) is 13.1 Å². The Morgan fingerprint density at radius 1 is 1.25 bits per heavy atom. The van der Waals surface area contributed by atoms with Gasteiger partial charge in [0.1, 0.15) is 8.80 Å². The fourth-order valence-corrected chi connectivity index (χ4v) is 1.24. The summed E-state index contributed by atoms with van der Waals surface area (Å²) in [4.78, 5) is 0. The van der Waals surface area contributed by atoms with Gasteiger partial charge in [0.15, 0.2) is 0 Å². The van der Waals surface area contributed by atoms with Gasteiger partial charge in [-0.3, -0.25) is 0 Å². The quantitative estimate of drug-likeness (QED) is 0.363. The van der Waals surface area contributed by atoms with E-state index in [2.05, 4.69) is 45.3 Å². The van der Waals surface area contributed by atoms with E-state index in [0.717, 1.165) is 13.0 Å². The molecule has 1 nitrogen and oxygen atoms in total. The highest BCUT2D eigenvalue weighted by atomic mass is 28.3. The molecule has 2 heteroatoms. The second-order valence-corrected chi connectivity index (χ2v) is 6.78.